The summed E-state index contributed by atoms with van der Waals surface area (Å²) < 4.78 is 1.43. The van der Waals surface area contributed by atoms with Crippen LogP contribution in [0.1, 0.15) is 13.8 Å². The number of rotatable bonds is 4. The molecule has 1 aromatic heterocycles. The van der Waals surface area contributed by atoms with Crippen molar-refractivity contribution in [2.75, 3.05) is 20.1 Å². The van der Waals surface area contributed by atoms with Crippen molar-refractivity contribution >= 4 is 6.03 Å². The third-order valence-electron chi connectivity index (χ3n) is 2.36. The van der Waals surface area contributed by atoms with Crippen LogP contribution in [0.25, 0.3) is 0 Å². The van der Waals surface area contributed by atoms with Crippen molar-refractivity contribution in [3.8, 4) is 0 Å². The van der Waals surface area contributed by atoms with E-state index in [9.17, 15) is 4.79 Å². The summed E-state index contributed by atoms with van der Waals surface area (Å²) in [7, 11) is 2.04. The third-order valence-corrected chi connectivity index (χ3v) is 2.36. The number of carbonyl (C=O) groups excluding carboxylic acids is 1. The Labute approximate surface area is 90.1 Å². The van der Waals surface area contributed by atoms with Crippen molar-refractivity contribution in [1.29, 1.82) is 0 Å². The van der Waals surface area contributed by atoms with E-state index in [0.717, 1.165) is 6.54 Å². The first-order valence-electron chi connectivity index (χ1n) is 5.07. The number of carbonyl (C=O) groups is 1. The van der Waals surface area contributed by atoms with E-state index in [1.165, 1.54) is 10.9 Å². The van der Waals surface area contributed by atoms with Gasteiger partial charge in [0, 0.05) is 31.5 Å². The fourth-order valence-electron chi connectivity index (χ4n) is 1.07. The Bertz CT molecular complexity index is 294. The van der Waals surface area contributed by atoms with Gasteiger partial charge in [0.15, 0.2) is 0 Å². The van der Waals surface area contributed by atoms with Gasteiger partial charge in [-0.3, -0.25) is 4.57 Å². The summed E-state index contributed by atoms with van der Waals surface area (Å²) in [4.78, 5) is 17.4. The Hall–Kier alpha value is -1.36. The summed E-state index contributed by atoms with van der Waals surface area (Å²) >= 11 is 0. The molecule has 0 unspecified atom stereocenters. The number of hydrogen-bond donors (Lipinski definition) is 1. The van der Waals surface area contributed by atoms with Crippen molar-refractivity contribution in [1.82, 2.24) is 19.8 Å². The molecule has 84 valence electrons. The maximum Gasteiger partial charge on any atom is 0.326 e. The van der Waals surface area contributed by atoms with Crippen molar-refractivity contribution < 1.29 is 4.79 Å². The Morgan fingerprint density at radius 2 is 2.33 bits per heavy atom. The van der Waals surface area contributed by atoms with Gasteiger partial charge in [-0.2, -0.15) is 0 Å². The Morgan fingerprint density at radius 1 is 1.60 bits per heavy atom. The summed E-state index contributed by atoms with van der Waals surface area (Å²) in [6.07, 6.45) is 4.70. The molecule has 0 spiro atoms. The zero-order chi connectivity index (χ0) is 11.3. The molecule has 0 radical (unpaired) electrons. The lowest BCUT2D eigenvalue weighted by molar-refractivity contribution is 0.236. The highest BCUT2D eigenvalue weighted by Gasteiger charge is 2.05. The third kappa shape index (κ3) is 3.71. The Kier molecular flexibility index (Phi) is 4.30. The fourth-order valence-corrected chi connectivity index (χ4v) is 1.07. The van der Waals surface area contributed by atoms with Gasteiger partial charge < -0.3 is 10.2 Å². The second-order valence-corrected chi connectivity index (χ2v) is 3.78. The summed E-state index contributed by atoms with van der Waals surface area (Å²) in [5.74, 6) is 0. The van der Waals surface area contributed by atoms with Crippen LogP contribution in [0.2, 0.25) is 0 Å². The van der Waals surface area contributed by atoms with E-state index in [-0.39, 0.29) is 6.03 Å². The van der Waals surface area contributed by atoms with Crippen molar-refractivity contribution in [3.63, 3.8) is 0 Å². The van der Waals surface area contributed by atoms with Gasteiger partial charge in [0.1, 0.15) is 6.33 Å². The minimum atomic E-state index is -0.135. The van der Waals surface area contributed by atoms with Crippen LogP contribution >= 0.6 is 0 Å². The normalized spacial score (nSPS) is 11.0. The van der Waals surface area contributed by atoms with Gasteiger partial charge in [0.2, 0.25) is 0 Å². The first-order chi connectivity index (χ1) is 7.11. The molecule has 5 heteroatoms. The lowest BCUT2D eigenvalue weighted by atomic mass is 10.3. The van der Waals surface area contributed by atoms with E-state index >= 15 is 0 Å². The van der Waals surface area contributed by atoms with Gasteiger partial charge in [-0.05, 0) is 20.9 Å². The monoisotopic (exact) mass is 210 g/mol. The molecule has 0 bridgehead atoms. The predicted molar refractivity (Wildman–Crippen MR) is 58.8 cm³/mol. The number of hydrogen-bond acceptors (Lipinski definition) is 3. The highest BCUT2D eigenvalue weighted by Crippen LogP contribution is 1.91. The topological polar surface area (TPSA) is 50.2 Å². The zero-order valence-electron chi connectivity index (χ0n) is 9.47. The SMILES string of the molecule is CC(C)N(C)CCNC(=O)n1ccnc1. The van der Waals surface area contributed by atoms with E-state index in [4.69, 9.17) is 0 Å². The van der Waals surface area contributed by atoms with Crippen LogP contribution in [-0.2, 0) is 0 Å². The standard InChI is InChI=1S/C10H18N4O/c1-9(2)13(3)6-5-12-10(15)14-7-4-11-8-14/h4,7-9H,5-6H2,1-3H3,(H,12,15). The number of nitrogens with zero attached hydrogens (tertiary/aromatic N) is 3. The van der Waals surface area contributed by atoms with Crippen molar-refractivity contribution in [2.45, 2.75) is 19.9 Å². The van der Waals surface area contributed by atoms with Crippen LogP contribution < -0.4 is 5.32 Å². The van der Waals surface area contributed by atoms with Gasteiger partial charge in [-0.25, -0.2) is 9.78 Å². The summed E-state index contributed by atoms with van der Waals surface area (Å²) in [5, 5.41) is 2.81. The molecule has 1 rings (SSSR count). The molecule has 0 aromatic carbocycles. The number of imidazole rings is 1. The van der Waals surface area contributed by atoms with Crippen LogP contribution in [0.4, 0.5) is 4.79 Å². The van der Waals surface area contributed by atoms with Crippen LogP contribution in [0.5, 0.6) is 0 Å². The van der Waals surface area contributed by atoms with Gasteiger partial charge >= 0.3 is 6.03 Å². The molecule has 1 aromatic rings. The van der Waals surface area contributed by atoms with Crippen LogP contribution in [0.15, 0.2) is 18.7 Å². The smallest absolute Gasteiger partial charge is 0.326 e. The maximum atomic E-state index is 11.5. The maximum absolute atomic E-state index is 11.5. The average molecular weight is 210 g/mol. The molecule has 1 heterocycles. The lowest BCUT2D eigenvalue weighted by Gasteiger charge is -2.20. The van der Waals surface area contributed by atoms with Gasteiger partial charge in [0.25, 0.3) is 0 Å². The van der Waals surface area contributed by atoms with E-state index in [1.807, 2.05) is 7.05 Å². The Balaban J connectivity index is 2.24. The average Bonchev–Trinajstić information content (AvgIpc) is 2.70. The predicted octanol–water partition coefficient (Wildman–Crippen LogP) is 0.781. The molecule has 0 fully saturated rings. The molecule has 0 saturated heterocycles. The van der Waals surface area contributed by atoms with Crippen molar-refractivity contribution in [2.24, 2.45) is 0 Å². The first-order valence-corrected chi connectivity index (χ1v) is 5.07. The molecule has 0 aliphatic carbocycles. The zero-order valence-corrected chi connectivity index (χ0v) is 9.47. The second-order valence-electron chi connectivity index (χ2n) is 3.78. The minimum Gasteiger partial charge on any atom is -0.336 e. The highest BCUT2D eigenvalue weighted by atomic mass is 16.2. The molecule has 0 saturated carbocycles. The van der Waals surface area contributed by atoms with E-state index < -0.39 is 0 Å². The molecule has 1 N–H and O–H groups in total. The van der Waals surface area contributed by atoms with Crippen LogP contribution in [-0.4, -0.2) is 46.7 Å². The van der Waals surface area contributed by atoms with Crippen molar-refractivity contribution in [3.05, 3.63) is 18.7 Å². The minimum absolute atomic E-state index is 0.135. The highest BCUT2D eigenvalue weighted by molar-refractivity contribution is 5.76. The molecule has 0 aliphatic heterocycles. The van der Waals surface area contributed by atoms with Crippen LogP contribution in [0.3, 0.4) is 0 Å². The molecule has 0 atom stereocenters. The quantitative estimate of drug-likeness (QED) is 0.799. The number of aromatic nitrogens is 2. The number of likely N-dealkylation sites (N-methyl/N-ethyl adjacent to an activating group) is 1. The van der Waals surface area contributed by atoms with E-state index in [0.29, 0.717) is 12.6 Å². The molecule has 0 aliphatic rings. The van der Waals surface area contributed by atoms with Crippen LogP contribution in [0, 0.1) is 0 Å². The summed E-state index contributed by atoms with van der Waals surface area (Å²) in [6, 6.07) is 0.361. The Morgan fingerprint density at radius 3 is 2.87 bits per heavy atom. The van der Waals surface area contributed by atoms with Gasteiger partial charge in [-0.1, -0.05) is 0 Å². The molecule has 15 heavy (non-hydrogen) atoms. The second kappa shape index (κ2) is 5.50. The van der Waals surface area contributed by atoms with Gasteiger partial charge in [0.05, 0.1) is 0 Å². The first kappa shape index (κ1) is 11.7. The number of nitrogens with one attached hydrogen (secondary N) is 1. The lowest BCUT2D eigenvalue weighted by Crippen LogP contribution is -2.37. The molecule has 5 nitrogen and oxygen atoms in total. The summed E-state index contributed by atoms with van der Waals surface area (Å²) in [6.45, 7) is 5.74. The van der Waals surface area contributed by atoms with E-state index in [2.05, 4.69) is 29.0 Å². The summed E-state index contributed by atoms with van der Waals surface area (Å²) in [5.41, 5.74) is 0. The molecular formula is C10H18N4O. The largest absolute Gasteiger partial charge is 0.336 e. The number of amides is 1. The van der Waals surface area contributed by atoms with E-state index in [1.54, 1.807) is 12.4 Å². The molecule has 1 amide bonds. The fraction of sp³-hybridized carbons (Fsp3) is 0.600. The van der Waals surface area contributed by atoms with Gasteiger partial charge in [-0.15, -0.1) is 0 Å². The molecular weight excluding hydrogens is 192 g/mol.